The van der Waals surface area contributed by atoms with Crippen molar-refractivity contribution in [3.05, 3.63) is 12.7 Å². The minimum Gasteiger partial charge on any atom is -0.334 e. The molecule has 11 nitrogen and oxygen atoms in total. The van der Waals surface area contributed by atoms with E-state index in [4.69, 9.17) is 0 Å². The minimum absolute atomic E-state index is 0.0154. The van der Waals surface area contributed by atoms with Crippen molar-refractivity contribution in [3.8, 4) is 0 Å². The molecule has 1 heterocycles. The van der Waals surface area contributed by atoms with Crippen LogP contribution in [0.5, 0.6) is 0 Å². The van der Waals surface area contributed by atoms with Gasteiger partial charge in [-0.25, -0.2) is 17.5 Å². The van der Waals surface area contributed by atoms with Crippen molar-refractivity contribution < 1.29 is 32.4 Å². The van der Waals surface area contributed by atoms with Crippen molar-refractivity contribution in [2.24, 2.45) is 39.9 Å². The molecule has 4 aliphatic rings. The Hall–Kier alpha value is -2.60. The first-order chi connectivity index (χ1) is 22.6. The maximum atomic E-state index is 14.6. The number of hydrogen-bond acceptors (Lipinski definition) is 7. The normalized spacial score (nSPS) is 25.0. The van der Waals surface area contributed by atoms with Gasteiger partial charge in [0.1, 0.15) is 6.04 Å². The summed E-state index contributed by atoms with van der Waals surface area (Å²) in [5.41, 5.74) is -1.07. The van der Waals surface area contributed by atoms with E-state index in [0.717, 1.165) is 44.8 Å². The highest BCUT2D eigenvalue weighted by Gasteiger charge is 2.64. The largest absolute Gasteiger partial charge is 0.334 e. The molecule has 49 heavy (non-hydrogen) atoms. The quantitative estimate of drug-likeness (QED) is 0.177. The number of carbonyl (C=O) groups is 5. The van der Waals surface area contributed by atoms with Crippen molar-refractivity contribution in [2.45, 2.75) is 124 Å². The molecule has 1 aliphatic heterocycles. The van der Waals surface area contributed by atoms with Crippen LogP contribution in [0.2, 0.25) is 0 Å². The summed E-state index contributed by atoms with van der Waals surface area (Å²) in [6.07, 6.45) is 9.66. The van der Waals surface area contributed by atoms with E-state index in [2.05, 4.69) is 17.2 Å². The second-order valence-corrected chi connectivity index (χ2v) is 19.7. The average Bonchev–Trinajstić information content (AvgIpc) is 3.90. The summed E-state index contributed by atoms with van der Waals surface area (Å²) in [5.74, 6) is -1.63. The number of ketones is 3. The number of Topliss-reactive ketones (excluding diaryl/α,β-unsaturated/α-hetero) is 3. The molecule has 4 fully saturated rings. The molecule has 0 aromatic rings. The van der Waals surface area contributed by atoms with E-state index >= 15 is 0 Å². The topological polar surface area (TPSA) is 150 Å². The van der Waals surface area contributed by atoms with Gasteiger partial charge >= 0.3 is 6.03 Å². The van der Waals surface area contributed by atoms with E-state index in [9.17, 15) is 32.4 Å². The lowest BCUT2D eigenvalue weighted by Gasteiger charge is -2.38. The molecule has 3 amide bonds. The Balaban J connectivity index is 1.57. The maximum absolute atomic E-state index is 14.6. The molecule has 3 saturated carbocycles. The minimum atomic E-state index is -3.49. The van der Waals surface area contributed by atoms with Crippen molar-refractivity contribution in [1.29, 1.82) is 0 Å². The number of allylic oxidation sites excluding steroid dienone is 1. The molecule has 0 aromatic heterocycles. The molecular weight excluding hydrogens is 644 g/mol. The summed E-state index contributed by atoms with van der Waals surface area (Å²) >= 11 is 0. The van der Waals surface area contributed by atoms with E-state index in [-0.39, 0.29) is 48.3 Å². The van der Waals surface area contributed by atoms with Crippen molar-refractivity contribution in [3.63, 3.8) is 0 Å². The van der Waals surface area contributed by atoms with Gasteiger partial charge in [-0.05, 0) is 72.5 Å². The number of rotatable bonds is 16. The summed E-state index contributed by atoms with van der Waals surface area (Å²) in [5, 5.41) is 5.83. The van der Waals surface area contributed by atoms with E-state index in [1.807, 2.05) is 41.5 Å². The summed E-state index contributed by atoms with van der Waals surface area (Å²) < 4.78 is 25.5. The molecule has 6 atom stereocenters. The summed E-state index contributed by atoms with van der Waals surface area (Å²) in [6.45, 7) is 15.4. The fourth-order valence-electron chi connectivity index (χ4n) is 8.04. The van der Waals surface area contributed by atoms with Gasteiger partial charge in [0.05, 0.1) is 12.3 Å². The van der Waals surface area contributed by atoms with Gasteiger partial charge in [-0.3, -0.25) is 19.2 Å². The number of likely N-dealkylation sites (tertiary alicyclic amines) is 1. The zero-order chi connectivity index (χ0) is 36.7. The molecule has 12 heteroatoms. The molecule has 1 spiro atoms. The van der Waals surface area contributed by atoms with Gasteiger partial charge in [-0.2, -0.15) is 0 Å². The number of likely N-dealkylation sites (N-methyl/N-ethyl adjacent to an activating group) is 1. The monoisotopic (exact) mass is 704 g/mol. The van der Waals surface area contributed by atoms with E-state index in [0.29, 0.717) is 25.3 Å². The van der Waals surface area contributed by atoms with Crippen LogP contribution >= 0.6 is 0 Å². The molecule has 0 bridgehead atoms. The Labute approximate surface area is 293 Å². The third kappa shape index (κ3) is 9.40. The SMILES string of the molecule is C=CCCC(=O)C(=O)C(CC(=O)[C@@H]1[C@H]2CCC3(CC3)[C@H]2CN1C(=O)[C@@H](NC(=O)N[C@H](CN(C)S(C)(=O)=O)C(C)(C)C)C(C)(C)C)CC1CC1. The second kappa shape index (κ2) is 14.6. The Bertz CT molecular complexity index is 1420. The zero-order valence-electron chi connectivity index (χ0n) is 31.0. The lowest BCUT2D eigenvalue weighted by Crippen LogP contribution is -2.61. The van der Waals surface area contributed by atoms with Crippen molar-refractivity contribution in [2.75, 3.05) is 26.4 Å². The number of fused-ring (bicyclic) bond motifs is 2. The summed E-state index contributed by atoms with van der Waals surface area (Å²) in [4.78, 5) is 70.5. The van der Waals surface area contributed by atoms with Gasteiger partial charge < -0.3 is 15.5 Å². The molecule has 0 aromatic carbocycles. The van der Waals surface area contributed by atoms with Crippen LogP contribution in [-0.2, 0) is 29.2 Å². The van der Waals surface area contributed by atoms with Crippen LogP contribution in [0.25, 0.3) is 0 Å². The number of urea groups is 1. The summed E-state index contributed by atoms with van der Waals surface area (Å²) in [7, 11) is -2.03. The van der Waals surface area contributed by atoms with Crippen LogP contribution in [0.1, 0.15) is 106 Å². The van der Waals surface area contributed by atoms with E-state index < -0.39 is 62.5 Å². The van der Waals surface area contributed by atoms with Gasteiger partial charge in [0.15, 0.2) is 11.6 Å². The Kier molecular flexibility index (Phi) is 11.6. The molecule has 4 rings (SSSR count). The molecule has 1 saturated heterocycles. The first-order valence-corrected chi connectivity index (χ1v) is 19.9. The van der Waals surface area contributed by atoms with Crippen LogP contribution in [0, 0.1) is 39.9 Å². The number of sulfonamides is 1. The van der Waals surface area contributed by atoms with E-state index in [1.54, 1.807) is 11.0 Å². The van der Waals surface area contributed by atoms with Gasteiger partial charge in [0, 0.05) is 44.9 Å². The van der Waals surface area contributed by atoms with Crippen molar-refractivity contribution >= 4 is 39.3 Å². The van der Waals surface area contributed by atoms with Crippen LogP contribution in [0.4, 0.5) is 4.79 Å². The highest BCUT2D eigenvalue weighted by Crippen LogP contribution is 2.66. The predicted molar refractivity (Wildman–Crippen MR) is 189 cm³/mol. The van der Waals surface area contributed by atoms with Gasteiger partial charge in [-0.1, -0.05) is 60.5 Å². The standard InChI is InChI=1S/C37H60N4O7S/c1-10-11-12-27(42)31(44)24(19-23-13-14-23)20-28(43)30-25-15-16-37(17-18-37)26(25)21-41(30)33(45)32(36(5,6)7)39-34(46)38-29(35(2,3)4)22-40(8)49(9,47)48/h10,23-26,29-30,32H,1,11-22H2,2-9H3,(H2,38,39,46)/t24?,25-,26-,29+,30-,32+/m0/s1. The molecule has 1 unspecified atom stereocenters. The van der Waals surface area contributed by atoms with Crippen molar-refractivity contribution in [1.82, 2.24) is 19.8 Å². The predicted octanol–water partition coefficient (Wildman–Crippen LogP) is 4.50. The lowest BCUT2D eigenvalue weighted by atomic mass is 9.82. The number of carbonyl (C=O) groups excluding carboxylic acids is 5. The number of nitrogens with zero attached hydrogens (tertiary/aromatic N) is 2. The van der Waals surface area contributed by atoms with Crippen LogP contribution in [-0.4, -0.2) is 91.4 Å². The Morgan fingerprint density at radius 3 is 2.12 bits per heavy atom. The number of amides is 3. The summed E-state index contributed by atoms with van der Waals surface area (Å²) in [6, 6.07) is -2.84. The van der Waals surface area contributed by atoms with Gasteiger partial charge in [0.25, 0.3) is 0 Å². The highest BCUT2D eigenvalue weighted by molar-refractivity contribution is 7.88. The molecule has 3 aliphatic carbocycles. The fraction of sp³-hybridized carbons (Fsp3) is 0.811. The molecule has 0 radical (unpaired) electrons. The first-order valence-electron chi connectivity index (χ1n) is 18.1. The van der Waals surface area contributed by atoms with Crippen LogP contribution < -0.4 is 10.6 Å². The van der Waals surface area contributed by atoms with Gasteiger partial charge in [-0.15, -0.1) is 6.58 Å². The third-order valence-corrected chi connectivity index (χ3v) is 12.9. The van der Waals surface area contributed by atoms with Crippen LogP contribution in [0.15, 0.2) is 12.7 Å². The highest BCUT2D eigenvalue weighted by atomic mass is 32.2. The second-order valence-electron chi connectivity index (χ2n) is 17.6. The fourth-order valence-corrected chi connectivity index (χ4v) is 8.46. The molecule has 2 N–H and O–H groups in total. The smallest absolute Gasteiger partial charge is 0.315 e. The lowest BCUT2D eigenvalue weighted by molar-refractivity contribution is -0.144. The van der Waals surface area contributed by atoms with Crippen LogP contribution in [0.3, 0.4) is 0 Å². The van der Waals surface area contributed by atoms with Gasteiger partial charge in [0.2, 0.25) is 21.7 Å². The first kappa shape index (κ1) is 39.2. The van der Waals surface area contributed by atoms with E-state index in [1.165, 1.54) is 11.4 Å². The number of hydrogen-bond donors (Lipinski definition) is 2. The number of nitrogens with one attached hydrogen (secondary N) is 2. The zero-order valence-corrected chi connectivity index (χ0v) is 31.8. The Morgan fingerprint density at radius 2 is 1.61 bits per heavy atom. The maximum Gasteiger partial charge on any atom is 0.315 e. The molecular formula is C37H60N4O7S. The Morgan fingerprint density at radius 1 is 0.980 bits per heavy atom. The third-order valence-electron chi connectivity index (χ3n) is 11.6. The average molecular weight is 705 g/mol. The molecule has 276 valence electrons.